The Morgan fingerprint density at radius 1 is 0.302 bits per heavy atom. The third-order valence-corrected chi connectivity index (χ3v) is 9.32. The summed E-state index contributed by atoms with van der Waals surface area (Å²) >= 11 is 0. The SMILES string of the molecule is CCN(CCCCCCCCCCCCCCCCCC(O)O)CCCCCCCCCCCCCCCCCC(O)O. The number of rotatable bonds is 37. The van der Waals surface area contributed by atoms with Crippen LogP contribution in [0.25, 0.3) is 0 Å². The normalized spacial score (nSPS) is 12.0. The van der Waals surface area contributed by atoms with E-state index in [4.69, 9.17) is 20.4 Å². The zero-order valence-corrected chi connectivity index (χ0v) is 29.1. The average molecular weight is 614 g/mol. The molecule has 0 saturated carbocycles. The molecule has 4 N–H and O–H groups in total. The molecule has 0 aliphatic rings. The molecule has 0 bridgehead atoms. The minimum atomic E-state index is -1.11. The molecule has 0 unspecified atom stereocenters. The van der Waals surface area contributed by atoms with Gasteiger partial charge in [-0.25, -0.2) is 0 Å². The molecular weight excluding hydrogens is 534 g/mol. The van der Waals surface area contributed by atoms with Gasteiger partial charge in [0.15, 0.2) is 12.6 Å². The van der Waals surface area contributed by atoms with E-state index in [1.165, 1.54) is 187 Å². The molecule has 0 aromatic heterocycles. The maximum absolute atomic E-state index is 8.84. The van der Waals surface area contributed by atoms with Crippen molar-refractivity contribution >= 4 is 0 Å². The topological polar surface area (TPSA) is 84.2 Å². The molecule has 0 aliphatic carbocycles. The standard InChI is InChI=1S/C38H79NO4/c1-2-39(35-31-27-23-19-15-11-7-3-5-9-13-17-21-25-29-33-37(40)41)36-32-28-24-20-16-12-8-4-6-10-14-18-22-26-30-34-38(42)43/h37-38,40-43H,2-36H2,1H3. The summed E-state index contributed by atoms with van der Waals surface area (Å²) in [5.41, 5.74) is 0. The Hall–Kier alpha value is -0.200. The molecule has 0 saturated heterocycles. The predicted molar refractivity (Wildman–Crippen MR) is 186 cm³/mol. The fraction of sp³-hybridized carbons (Fsp3) is 1.00. The van der Waals surface area contributed by atoms with Crippen LogP contribution in [0.4, 0.5) is 0 Å². The van der Waals surface area contributed by atoms with Gasteiger partial charge in [-0.2, -0.15) is 0 Å². The van der Waals surface area contributed by atoms with Crippen LogP contribution in [0.15, 0.2) is 0 Å². The molecule has 0 amide bonds. The highest BCUT2D eigenvalue weighted by atomic mass is 16.5. The van der Waals surface area contributed by atoms with Crippen LogP contribution in [0.1, 0.15) is 212 Å². The van der Waals surface area contributed by atoms with E-state index in [1.807, 2.05) is 0 Å². The van der Waals surface area contributed by atoms with Crippen molar-refractivity contribution in [2.45, 2.75) is 225 Å². The first-order chi connectivity index (χ1) is 21.1. The Labute approximate surface area is 269 Å². The molecule has 0 spiro atoms. The first-order valence-corrected chi connectivity index (χ1v) is 19.5. The molecular formula is C38H79NO4. The molecule has 0 aromatic rings. The summed E-state index contributed by atoms with van der Waals surface area (Å²) in [6.07, 6.45) is 39.0. The van der Waals surface area contributed by atoms with Gasteiger partial charge < -0.3 is 25.3 Å². The van der Waals surface area contributed by atoms with E-state index in [0.29, 0.717) is 12.8 Å². The number of unbranched alkanes of at least 4 members (excludes halogenated alkanes) is 28. The number of hydrogen-bond acceptors (Lipinski definition) is 5. The first-order valence-electron chi connectivity index (χ1n) is 19.5. The van der Waals surface area contributed by atoms with Crippen LogP contribution in [-0.4, -0.2) is 57.5 Å². The van der Waals surface area contributed by atoms with Crippen LogP contribution in [-0.2, 0) is 0 Å². The zero-order chi connectivity index (χ0) is 31.5. The van der Waals surface area contributed by atoms with Gasteiger partial charge in [-0.3, -0.25) is 0 Å². The van der Waals surface area contributed by atoms with E-state index >= 15 is 0 Å². The summed E-state index contributed by atoms with van der Waals surface area (Å²) in [6, 6.07) is 0. The van der Waals surface area contributed by atoms with Gasteiger partial charge in [0.05, 0.1) is 0 Å². The minimum absolute atomic E-state index is 0.532. The van der Waals surface area contributed by atoms with Gasteiger partial charge in [-0.1, -0.05) is 174 Å². The Balaban J connectivity index is 3.26. The molecule has 0 radical (unpaired) electrons. The summed E-state index contributed by atoms with van der Waals surface area (Å²) in [5.74, 6) is 0. The monoisotopic (exact) mass is 614 g/mol. The number of aliphatic hydroxyl groups is 4. The van der Waals surface area contributed by atoms with Gasteiger partial charge in [0.1, 0.15) is 0 Å². The van der Waals surface area contributed by atoms with Crippen LogP contribution >= 0.6 is 0 Å². The van der Waals surface area contributed by atoms with Gasteiger partial charge in [-0.05, 0) is 58.2 Å². The minimum Gasteiger partial charge on any atom is -0.368 e. The highest BCUT2D eigenvalue weighted by Gasteiger charge is 2.03. The Morgan fingerprint density at radius 2 is 0.488 bits per heavy atom. The molecule has 0 aliphatic heterocycles. The van der Waals surface area contributed by atoms with Crippen LogP contribution in [0.2, 0.25) is 0 Å². The third kappa shape index (κ3) is 37.9. The number of hydrogen-bond donors (Lipinski definition) is 4. The zero-order valence-electron chi connectivity index (χ0n) is 29.1. The van der Waals surface area contributed by atoms with Gasteiger partial charge in [0.25, 0.3) is 0 Å². The average Bonchev–Trinajstić information content (AvgIpc) is 2.98. The Morgan fingerprint density at radius 3 is 0.674 bits per heavy atom. The van der Waals surface area contributed by atoms with Crippen molar-refractivity contribution in [2.75, 3.05) is 19.6 Å². The molecule has 0 rings (SSSR count). The molecule has 5 heteroatoms. The maximum atomic E-state index is 8.84. The van der Waals surface area contributed by atoms with Crippen LogP contribution in [0.3, 0.4) is 0 Å². The van der Waals surface area contributed by atoms with Gasteiger partial charge in [-0.15, -0.1) is 0 Å². The molecule has 5 nitrogen and oxygen atoms in total. The van der Waals surface area contributed by atoms with Crippen LogP contribution < -0.4 is 0 Å². The second kappa shape index (κ2) is 36.3. The Bertz CT molecular complexity index is 460. The summed E-state index contributed by atoms with van der Waals surface area (Å²) < 4.78 is 0. The van der Waals surface area contributed by atoms with E-state index in [1.54, 1.807) is 0 Å². The van der Waals surface area contributed by atoms with Crippen molar-refractivity contribution in [2.24, 2.45) is 0 Å². The van der Waals surface area contributed by atoms with E-state index < -0.39 is 12.6 Å². The maximum Gasteiger partial charge on any atom is 0.151 e. The van der Waals surface area contributed by atoms with Crippen molar-refractivity contribution in [1.29, 1.82) is 0 Å². The summed E-state index contributed by atoms with van der Waals surface area (Å²) in [4.78, 5) is 2.68. The second-order valence-corrected chi connectivity index (χ2v) is 13.6. The van der Waals surface area contributed by atoms with Crippen LogP contribution in [0.5, 0.6) is 0 Å². The fourth-order valence-electron chi connectivity index (χ4n) is 6.35. The van der Waals surface area contributed by atoms with Crippen molar-refractivity contribution in [3.8, 4) is 0 Å². The molecule has 0 heterocycles. The summed E-state index contributed by atoms with van der Waals surface area (Å²) in [5, 5.41) is 35.4. The summed E-state index contributed by atoms with van der Waals surface area (Å²) in [6.45, 7) is 6.14. The lowest BCUT2D eigenvalue weighted by molar-refractivity contribution is -0.0472. The lowest BCUT2D eigenvalue weighted by atomic mass is 10.0. The van der Waals surface area contributed by atoms with E-state index in [2.05, 4.69) is 11.8 Å². The molecule has 0 fully saturated rings. The molecule has 0 atom stereocenters. The van der Waals surface area contributed by atoms with Crippen molar-refractivity contribution in [3.05, 3.63) is 0 Å². The molecule has 0 aromatic carbocycles. The lowest BCUT2D eigenvalue weighted by Gasteiger charge is -2.20. The first kappa shape index (κ1) is 42.8. The van der Waals surface area contributed by atoms with E-state index in [-0.39, 0.29) is 0 Å². The van der Waals surface area contributed by atoms with Crippen LogP contribution in [0, 0.1) is 0 Å². The molecule has 260 valence electrons. The smallest absolute Gasteiger partial charge is 0.151 e. The fourth-order valence-corrected chi connectivity index (χ4v) is 6.35. The van der Waals surface area contributed by atoms with Crippen molar-refractivity contribution < 1.29 is 20.4 Å². The van der Waals surface area contributed by atoms with Gasteiger partial charge in [0.2, 0.25) is 0 Å². The van der Waals surface area contributed by atoms with E-state index in [0.717, 1.165) is 25.7 Å². The lowest BCUT2D eigenvalue weighted by Crippen LogP contribution is -2.25. The predicted octanol–water partition coefficient (Wildman–Crippen LogP) is 10.4. The van der Waals surface area contributed by atoms with Crippen molar-refractivity contribution in [1.82, 2.24) is 4.90 Å². The largest absolute Gasteiger partial charge is 0.368 e. The van der Waals surface area contributed by atoms with E-state index in [9.17, 15) is 0 Å². The van der Waals surface area contributed by atoms with Gasteiger partial charge in [0, 0.05) is 0 Å². The summed E-state index contributed by atoms with van der Waals surface area (Å²) in [7, 11) is 0. The number of aliphatic hydroxyl groups excluding tert-OH is 2. The van der Waals surface area contributed by atoms with Crippen molar-refractivity contribution in [3.63, 3.8) is 0 Å². The number of nitrogens with zero attached hydrogens (tertiary/aromatic N) is 1. The van der Waals surface area contributed by atoms with Gasteiger partial charge >= 0.3 is 0 Å². The third-order valence-electron chi connectivity index (χ3n) is 9.32. The highest BCUT2D eigenvalue weighted by molar-refractivity contribution is 4.58. The molecule has 43 heavy (non-hydrogen) atoms. The Kier molecular flexibility index (Phi) is 36.1. The quantitative estimate of drug-likeness (QED) is 0.0414. The highest BCUT2D eigenvalue weighted by Crippen LogP contribution is 2.16. The second-order valence-electron chi connectivity index (χ2n) is 13.6.